The van der Waals surface area contributed by atoms with Crippen LogP contribution in [0.25, 0.3) is 0 Å². The molecule has 0 fully saturated rings. The van der Waals surface area contributed by atoms with Gasteiger partial charge in [-0.05, 0) is 91.4 Å². The van der Waals surface area contributed by atoms with Crippen LogP contribution in [0.3, 0.4) is 0 Å². The monoisotopic (exact) mass is 586 g/mol. The van der Waals surface area contributed by atoms with Gasteiger partial charge in [-0.2, -0.15) is 0 Å². The highest BCUT2D eigenvalue weighted by molar-refractivity contribution is 14.1. The summed E-state index contributed by atoms with van der Waals surface area (Å²) >= 11 is 2.30. The minimum Gasteiger partial charge on any atom is -0.456 e. The van der Waals surface area contributed by atoms with Crippen molar-refractivity contribution in [3.63, 3.8) is 0 Å². The van der Waals surface area contributed by atoms with E-state index in [1.54, 1.807) is 0 Å². The zero-order valence-corrected chi connectivity index (χ0v) is 22.7. The van der Waals surface area contributed by atoms with Crippen LogP contribution in [0.15, 0.2) is 84.9 Å². The predicted octanol–water partition coefficient (Wildman–Crippen LogP) is 7.50. The number of anilines is 2. The number of rotatable bonds is 4. The molecule has 36 heavy (non-hydrogen) atoms. The smallest absolute Gasteiger partial charge is 0.260 e. The van der Waals surface area contributed by atoms with Crippen molar-refractivity contribution < 1.29 is 9.53 Å². The summed E-state index contributed by atoms with van der Waals surface area (Å²) in [5.74, 6) is 1.58. The van der Waals surface area contributed by atoms with Gasteiger partial charge >= 0.3 is 0 Å². The summed E-state index contributed by atoms with van der Waals surface area (Å²) in [5, 5.41) is 0. The highest BCUT2D eigenvalue weighted by Crippen LogP contribution is 2.58. The second kappa shape index (κ2) is 8.66. The van der Waals surface area contributed by atoms with Crippen molar-refractivity contribution >= 4 is 39.9 Å². The maximum atomic E-state index is 14.2. The number of halogens is 1. The lowest BCUT2D eigenvalue weighted by Gasteiger charge is -2.44. The first-order chi connectivity index (χ1) is 17.5. The van der Waals surface area contributed by atoms with Gasteiger partial charge in [0.2, 0.25) is 0 Å². The fourth-order valence-corrected chi connectivity index (χ4v) is 6.13. The van der Waals surface area contributed by atoms with Crippen molar-refractivity contribution in [1.82, 2.24) is 0 Å². The molecule has 6 rings (SSSR count). The zero-order chi connectivity index (χ0) is 25.0. The molecule has 0 saturated heterocycles. The van der Waals surface area contributed by atoms with E-state index >= 15 is 0 Å². The number of amides is 1. The van der Waals surface area contributed by atoms with Crippen LogP contribution < -0.4 is 14.5 Å². The Balaban J connectivity index is 1.72. The molecule has 0 aromatic heterocycles. The lowest BCUT2D eigenvalue weighted by atomic mass is 9.74. The Morgan fingerprint density at radius 3 is 2.22 bits per heavy atom. The van der Waals surface area contributed by atoms with E-state index in [0.717, 1.165) is 67.4 Å². The van der Waals surface area contributed by atoms with Gasteiger partial charge in [0.15, 0.2) is 0 Å². The van der Waals surface area contributed by atoms with Crippen molar-refractivity contribution in [3.05, 3.63) is 116 Å². The predicted molar refractivity (Wildman–Crippen MR) is 154 cm³/mol. The molecule has 1 atom stereocenters. The molecule has 1 amide bonds. The molecule has 4 aromatic carbocycles. The van der Waals surface area contributed by atoms with Gasteiger partial charge in [0.25, 0.3) is 5.91 Å². The number of nitrogens with zero attached hydrogens (tertiary/aromatic N) is 2. The number of aryl methyl sites for hydroxylation is 1. The Hall–Kier alpha value is -3.32. The summed E-state index contributed by atoms with van der Waals surface area (Å²) in [6.07, 6.45) is 0. The third kappa shape index (κ3) is 3.22. The first kappa shape index (κ1) is 23.1. The van der Waals surface area contributed by atoms with E-state index in [4.69, 9.17) is 4.74 Å². The Kier molecular flexibility index (Phi) is 5.56. The third-order valence-corrected chi connectivity index (χ3v) is 8.12. The standard InChI is InChI=1S/C31H27IN2O2/c1-4-33(5-2)23-15-17-27-29(19-23)36-28-18-20(3)10-16-26(28)31(27)25-9-7-6-8-24(25)30(35)34(31)22-13-11-21(32)12-14-22/h6-19H,4-5H2,1-3H3. The Morgan fingerprint density at radius 2 is 1.50 bits per heavy atom. The molecule has 2 heterocycles. The second-order valence-corrected chi connectivity index (χ2v) is 10.6. The van der Waals surface area contributed by atoms with Crippen LogP contribution in [0, 0.1) is 10.5 Å². The molecule has 0 saturated carbocycles. The van der Waals surface area contributed by atoms with Crippen molar-refractivity contribution in [2.45, 2.75) is 26.3 Å². The molecular weight excluding hydrogens is 559 g/mol. The quantitative estimate of drug-likeness (QED) is 0.232. The van der Waals surface area contributed by atoms with Gasteiger partial charge < -0.3 is 9.64 Å². The fourth-order valence-electron chi connectivity index (χ4n) is 5.77. The molecule has 2 aliphatic rings. The van der Waals surface area contributed by atoms with Crippen LogP contribution in [0.4, 0.5) is 11.4 Å². The Morgan fingerprint density at radius 1 is 0.833 bits per heavy atom. The van der Waals surface area contributed by atoms with Crippen LogP contribution >= 0.6 is 22.6 Å². The molecule has 5 heteroatoms. The minimum absolute atomic E-state index is 0.000924. The molecule has 0 N–H and O–H groups in total. The summed E-state index contributed by atoms with van der Waals surface area (Å²) in [6.45, 7) is 8.21. The van der Waals surface area contributed by atoms with E-state index in [1.807, 2.05) is 35.2 Å². The second-order valence-electron chi connectivity index (χ2n) is 9.33. The number of fused-ring (bicyclic) bond motifs is 6. The summed E-state index contributed by atoms with van der Waals surface area (Å²) in [7, 11) is 0. The maximum absolute atomic E-state index is 14.2. The summed E-state index contributed by atoms with van der Waals surface area (Å²) in [6, 6.07) is 29.0. The molecule has 1 unspecified atom stereocenters. The van der Waals surface area contributed by atoms with Gasteiger partial charge in [-0.15, -0.1) is 0 Å². The van der Waals surface area contributed by atoms with Crippen LogP contribution in [0.1, 0.15) is 46.5 Å². The molecule has 0 aliphatic carbocycles. The molecule has 0 bridgehead atoms. The van der Waals surface area contributed by atoms with Gasteiger partial charge in [0.1, 0.15) is 17.0 Å². The molecule has 2 aliphatic heterocycles. The number of hydrogen-bond donors (Lipinski definition) is 0. The van der Waals surface area contributed by atoms with Crippen molar-refractivity contribution in [2.24, 2.45) is 0 Å². The van der Waals surface area contributed by atoms with Gasteiger partial charge in [-0.1, -0.05) is 36.4 Å². The van der Waals surface area contributed by atoms with E-state index in [9.17, 15) is 4.79 Å². The van der Waals surface area contributed by atoms with E-state index in [2.05, 4.69) is 103 Å². The average Bonchev–Trinajstić information content (AvgIpc) is 3.14. The Labute approximate surface area is 225 Å². The van der Waals surface area contributed by atoms with E-state index in [0.29, 0.717) is 0 Å². The normalized spacial score (nSPS) is 17.4. The van der Waals surface area contributed by atoms with Crippen molar-refractivity contribution in [3.8, 4) is 11.5 Å². The fraction of sp³-hybridized carbons (Fsp3) is 0.194. The zero-order valence-electron chi connectivity index (χ0n) is 20.6. The lowest BCUT2D eigenvalue weighted by Crippen LogP contribution is -2.47. The highest BCUT2D eigenvalue weighted by atomic mass is 127. The molecule has 1 spiro atoms. The van der Waals surface area contributed by atoms with Crippen molar-refractivity contribution in [2.75, 3.05) is 22.9 Å². The molecule has 4 nitrogen and oxygen atoms in total. The van der Waals surface area contributed by atoms with Crippen molar-refractivity contribution in [1.29, 1.82) is 0 Å². The molecule has 180 valence electrons. The maximum Gasteiger partial charge on any atom is 0.260 e. The van der Waals surface area contributed by atoms with Crippen LogP contribution in [-0.2, 0) is 5.54 Å². The molecule has 4 aromatic rings. The SMILES string of the molecule is CCN(CC)c1ccc2c(c1)Oc1cc(C)ccc1C21c2ccccc2C(=O)N1c1ccc(I)cc1. The first-order valence-corrected chi connectivity index (χ1v) is 13.4. The van der Waals surface area contributed by atoms with Gasteiger partial charge in [-0.25, -0.2) is 0 Å². The third-order valence-electron chi connectivity index (χ3n) is 7.40. The van der Waals surface area contributed by atoms with Crippen LogP contribution in [-0.4, -0.2) is 19.0 Å². The van der Waals surface area contributed by atoms with Gasteiger partial charge in [0.05, 0.1) is 0 Å². The highest BCUT2D eigenvalue weighted by Gasteiger charge is 2.56. The summed E-state index contributed by atoms with van der Waals surface area (Å²) < 4.78 is 7.74. The number of ether oxygens (including phenoxy) is 1. The van der Waals surface area contributed by atoms with E-state index in [-0.39, 0.29) is 5.91 Å². The number of hydrogen-bond acceptors (Lipinski definition) is 3. The first-order valence-electron chi connectivity index (χ1n) is 12.4. The van der Waals surface area contributed by atoms with E-state index in [1.165, 1.54) is 0 Å². The average molecular weight is 586 g/mol. The van der Waals surface area contributed by atoms with Crippen LogP contribution in [0.2, 0.25) is 0 Å². The van der Waals surface area contributed by atoms with Gasteiger partial charge in [0, 0.05) is 56.4 Å². The molecule has 0 radical (unpaired) electrons. The summed E-state index contributed by atoms with van der Waals surface area (Å²) in [4.78, 5) is 18.5. The summed E-state index contributed by atoms with van der Waals surface area (Å²) in [5.41, 5.74) is 5.93. The minimum atomic E-state index is -0.834. The number of carbonyl (C=O) groups excluding carboxylic acids is 1. The number of benzene rings is 4. The van der Waals surface area contributed by atoms with Crippen LogP contribution in [0.5, 0.6) is 11.5 Å². The Bertz CT molecular complexity index is 1490. The lowest BCUT2D eigenvalue weighted by molar-refractivity contribution is 0.0986. The molecular formula is C31H27IN2O2. The van der Waals surface area contributed by atoms with Gasteiger partial charge in [-0.3, -0.25) is 9.69 Å². The number of carbonyl (C=O) groups is 1. The van der Waals surface area contributed by atoms with E-state index < -0.39 is 5.54 Å². The largest absolute Gasteiger partial charge is 0.456 e. The topological polar surface area (TPSA) is 32.8 Å².